The highest BCUT2D eigenvalue weighted by atomic mass is 16.5. The van der Waals surface area contributed by atoms with Gasteiger partial charge in [0.05, 0.1) is 5.54 Å². The standard InChI is InChI=1S/C15H23N3O3/c1-4-9-15(2,16)14(20)18-12-7-5-11(6-8-12)17-13(19)10-21-3/h5-8H,4,9-10,16H2,1-3H3,(H,17,19)(H,18,20). The zero-order chi connectivity index (χ0) is 15.9. The Morgan fingerprint density at radius 1 is 1.19 bits per heavy atom. The molecule has 1 aromatic rings. The van der Waals surface area contributed by atoms with Crippen LogP contribution < -0.4 is 16.4 Å². The van der Waals surface area contributed by atoms with Crippen LogP contribution in [0, 0.1) is 0 Å². The number of benzene rings is 1. The van der Waals surface area contributed by atoms with Gasteiger partial charge in [-0.2, -0.15) is 0 Å². The molecule has 6 heteroatoms. The molecule has 0 heterocycles. The minimum absolute atomic E-state index is 0.00103. The summed E-state index contributed by atoms with van der Waals surface area (Å²) in [6, 6.07) is 6.83. The Kier molecular flexibility index (Phi) is 6.33. The lowest BCUT2D eigenvalue weighted by molar-refractivity contribution is -0.121. The minimum atomic E-state index is -0.889. The largest absolute Gasteiger partial charge is 0.375 e. The van der Waals surface area contributed by atoms with E-state index >= 15 is 0 Å². The van der Waals surface area contributed by atoms with Gasteiger partial charge in [-0.15, -0.1) is 0 Å². The third kappa shape index (κ3) is 5.53. The van der Waals surface area contributed by atoms with Gasteiger partial charge in [-0.3, -0.25) is 9.59 Å². The summed E-state index contributed by atoms with van der Waals surface area (Å²) in [6.45, 7) is 3.70. The normalized spacial score (nSPS) is 13.3. The van der Waals surface area contributed by atoms with E-state index in [4.69, 9.17) is 10.5 Å². The maximum Gasteiger partial charge on any atom is 0.250 e. The molecule has 0 spiro atoms. The second kappa shape index (κ2) is 7.75. The van der Waals surface area contributed by atoms with E-state index in [1.54, 1.807) is 31.2 Å². The van der Waals surface area contributed by atoms with Gasteiger partial charge >= 0.3 is 0 Å². The van der Waals surface area contributed by atoms with E-state index in [0.29, 0.717) is 17.8 Å². The SMILES string of the molecule is CCCC(C)(N)C(=O)Nc1ccc(NC(=O)COC)cc1. The highest BCUT2D eigenvalue weighted by Crippen LogP contribution is 2.16. The number of carbonyl (C=O) groups excluding carboxylic acids is 2. The molecule has 0 fully saturated rings. The van der Waals surface area contributed by atoms with Crippen LogP contribution in [0.15, 0.2) is 24.3 Å². The molecule has 2 amide bonds. The van der Waals surface area contributed by atoms with Crippen molar-refractivity contribution in [2.75, 3.05) is 24.4 Å². The lowest BCUT2D eigenvalue weighted by Crippen LogP contribution is -2.48. The summed E-state index contributed by atoms with van der Waals surface area (Å²) in [5, 5.41) is 5.44. The summed E-state index contributed by atoms with van der Waals surface area (Å²) in [6.07, 6.45) is 1.45. The molecule has 0 saturated heterocycles. The summed E-state index contributed by atoms with van der Waals surface area (Å²) >= 11 is 0. The number of hydrogen-bond acceptors (Lipinski definition) is 4. The fourth-order valence-corrected chi connectivity index (χ4v) is 1.87. The van der Waals surface area contributed by atoms with Crippen molar-refractivity contribution in [3.05, 3.63) is 24.3 Å². The third-order valence-electron chi connectivity index (χ3n) is 2.99. The van der Waals surface area contributed by atoms with E-state index < -0.39 is 5.54 Å². The van der Waals surface area contributed by atoms with E-state index in [-0.39, 0.29) is 18.4 Å². The van der Waals surface area contributed by atoms with Crippen molar-refractivity contribution in [1.29, 1.82) is 0 Å². The van der Waals surface area contributed by atoms with E-state index in [0.717, 1.165) is 6.42 Å². The first-order chi connectivity index (χ1) is 9.89. The Hall–Kier alpha value is -1.92. The first-order valence-corrected chi connectivity index (χ1v) is 6.88. The van der Waals surface area contributed by atoms with Crippen LogP contribution in [-0.4, -0.2) is 31.1 Å². The molecular formula is C15H23N3O3. The van der Waals surface area contributed by atoms with Gasteiger partial charge in [-0.25, -0.2) is 0 Å². The number of methoxy groups -OCH3 is 1. The lowest BCUT2D eigenvalue weighted by atomic mass is 9.96. The third-order valence-corrected chi connectivity index (χ3v) is 2.99. The number of nitrogens with one attached hydrogen (secondary N) is 2. The quantitative estimate of drug-likeness (QED) is 0.713. The number of anilines is 2. The molecule has 0 radical (unpaired) electrons. The number of carbonyl (C=O) groups is 2. The van der Waals surface area contributed by atoms with Crippen LogP contribution in [-0.2, 0) is 14.3 Å². The van der Waals surface area contributed by atoms with Gasteiger partial charge in [-0.05, 0) is 37.6 Å². The van der Waals surface area contributed by atoms with Crippen molar-refractivity contribution in [3.63, 3.8) is 0 Å². The predicted molar refractivity (Wildman–Crippen MR) is 83.1 cm³/mol. The second-order valence-electron chi connectivity index (χ2n) is 5.18. The summed E-state index contributed by atoms with van der Waals surface area (Å²) in [4.78, 5) is 23.4. The molecule has 0 aliphatic heterocycles. The van der Waals surface area contributed by atoms with E-state index in [1.807, 2.05) is 6.92 Å². The van der Waals surface area contributed by atoms with Crippen LogP contribution in [0.1, 0.15) is 26.7 Å². The van der Waals surface area contributed by atoms with Gasteiger partial charge in [0, 0.05) is 18.5 Å². The molecular weight excluding hydrogens is 270 g/mol. The van der Waals surface area contributed by atoms with Crippen LogP contribution in [0.4, 0.5) is 11.4 Å². The van der Waals surface area contributed by atoms with Gasteiger partial charge in [0.1, 0.15) is 6.61 Å². The zero-order valence-corrected chi connectivity index (χ0v) is 12.7. The molecule has 0 saturated carbocycles. The van der Waals surface area contributed by atoms with Crippen LogP contribution in [0.2, 0.25) is 0 Å². The molecule has 4 N–H and O–H groups in total. The van der Waals surface area contributed by atoms with E-state index in [9.17, 15) is 9.59 Å². The van der Waals surface area contributed by atoms with Crippen LogP contribution in [0.3, 0.4) is 0 Å². The molecule has 1 rings (SSSR count). The Bertz CT molecular complexity index is 483. The van der Waals surface area contributed by atoms with Gasteiger partial charge in [0.2, 0.25) is 11.8 Å². The Labute approximate surface area is 125 Å². The molecule has 0 aliphatic rings. The van der Waals surface area contributed by atoms with Crippen molar-refractivity contribution < 1.29 is 14.3 Å². The first kappa shape index (κ1) is 17.1. The van der Waals surface area contributed by atoms with Gasteiger partial charge in [0.15, 0.2) is 0 Å². The van der Waals surface area contributed by atoms with Crippen molar-refractivity contribution in [2.45, 2.75) is 32.2 Å². The number of hydrogen-bond donors (Lipinski definition) is 3. The van der Waals surface area contributed by atoms with Crippen molar-refractivity contribution in [2.24, 2.45) is 5.73 Å². The molecule has 0 aliphatic carbocycles. The Balaban J connectivity index is 2.62. The van der Waals surface area contributed by atoms with Crippen molar-refractivity contribution >= 4 is 23.2 Å². The first-order valence-electron chi connectivity index (χ1n) is 6.88. The number of rotatable bonds is 7. The summed E-state index contributed by atoms with van der Waals surface area (Å²) in [5.74, 6) is -0.452. The zero-order valence-electron chi connectivity index (χ0n) is 12.7. The number of ether oxygens (including phenoxy) is 1. The monoisotopic (exact) mass is 293 g/mol. The molecule has 1 atom stereocenters. The summed E-state index contributed by atoms with van der Waals surface area (Å²) in [7, 11) is 1.46. The van der Waals surface area contributed by atoms with Crippen molar-refractivity contribution in [1.82, 2.24) is 0 Å². The van der Waals surface area contributed by atoms with Crippen molar-refractivity contribution in [3.8, 4) is 0 Å². The van der Waals surface area contributed by atoms with E-state index in [1.165, 1.54) is 7.11 Å². The minimum Gasteiger partial charge on any atom is -0.375 e. The van der Waals surface area contributed by atoms with Gasteiger partial charge in [-0.1, -0.05) is 13.3 Å². The molecule has 21 heavy (non-hydrogen) atoms. The van der Waals surface area contributed by atoms with Crippen LogP contribution >= 0.6 is 0 Å². The topological polar surface area (TPSA) is 93.5 Å². The second-order valence-corrected chi connectivity index (χ2v) is 5.18. The summed E-state index contributed by atoms with van der Waals surface area (Å²) < 4.78 is 4.73. The number of nitrogens with two attached hydrogens (primary N) is 1. The maximum atomic E-state index is 12.0. The smallest absolute Gasteiger partial charge is 0.250 e. The molecule has 1 aromatic carbocycles. The fraction of sp³-hybridized carbons (Fsp3) is 0.467. The average molecular weight is 293 g/mol. The maximum absolute atomic E-state index is 12.0. The fourth-order valence-electron chi connectivity index (χ4n) is 1.87. The predicted octanol–water partition coefficient (Wildman–Crippen LogP) is 1.73. The average Bonchev–Trinajstić information content (AvgIpc) is 2.41. The van der Waals surface area contributed by atoms with Crippen LogP contribution in [0.25, 0.3) is 0 Å². The van der Waals surface area contributed by atoms with Gasteiger partial charge in [0.25, 0.3) is 0 Å². The molecule has 116 valence electrons. The molecule has 6 nitrogen and oxygen atoms in total. The highest BCUT2D eigenvalue weighted by Gasteiger charge is 2.27. The Morgan fingerprint density at radius 3 is 2.19 bits per heavy atom. The summed E-state index contributed by atoms with van der Waals surface area (Å²) in [5.41, 5.74) is 6.35. The lowest BCUT2D eigenvalue weighted by Gasteiger charge is -2.22. The van der Waals surface area contributed by atoms with E-state index in [2.05, 4.69) is 10.6 Å². The Morgan fingerprint density at radius 2 is 1.71 bits per heavy atom. The number of amides is 2. The van der Waals surface area contributed by atoms with Gasteiger partial charge < -0.3 is 21.1 Å². The molecule has 0 bridgehead atoms. The molecule has 1 unspecified atom stereocenters. The highest BCUT2D eigenvalue weighted by molar-refractivity contribution is 5.98. The molecule has 0 aromatic heterocycles. The van der Waals surface area contributed by atoms with Crippen LogP contribution in [0.5, 0.6) is 0 Å².